The minimum atomic E-state index is -0.714. The first-order valence-electron chi connectivity index (χ1n) is 15.5. The minimum Gasteiger partial charge on any atom is -0.481 e. The van der Waals surface area contributed by atoms with Crippen LogP contribution in [-0.4, -0.2) is 51.3 Å². The molecule has 1 unspecified atom stereocenters. The molecule has 46 heavy (non-hydrogen) atoms. The lowest BCUT2D eigenvalue weighted by Crippen LogP contribution is -2.52. The van der Waals surface area contributed by atoms with E-state index < -0.39 is 6.04 Å². The van der Waals surface area contributed by atoms with Crippen LogP contribution < -0.4 is 4.74 Å². The Labute approximate surface area is 269 Å². The third-order valence-electron chi connectivity index (χ3n) is 8.31. The normalized spacial score (nSPS) is 13.2. The molecule has 2 aromatic heterocycles. The molecule has 3 heterocycles. The molecule has 0 saturated heterocycles. The van der Waals surface area contributed by atoms with Crippen LogP contribution in [-0.2, 0) is 35.5 Å². The minimum absolute atomic E-state index is 0.0590. The second-order valence-electron chi connectivity index (χ2n) is 11.3. The molecule has 0 saturated carbocycles. The lowest BCUT2D eigenvalue weighted by molar-refractivity contribution is -0.144. The van der Waals surface area contributed by atoms with Gasteiger partial charge in [0.25, 0.3) is 0 Å². The maximum Gasteiger partial charge on any atom is 0.247 e. The van der Waals surface area contributed by atoms with Crippen LogP contribution in [0.2, 0.25) is 0 Å². The third-order valence-corrected chi connectivity index (χ3v) is 8.31. The quantitative estimate of drug-likeness (QED) is 0.172. The Hall–Kier alpha value is -5.56. The van der Waals surface area contributed by atoms with Crippen LogP contribution in [0.25, 0.3) is 17.3 Å². The summed E-state index contributed by atoms with van der Waals surface area (Å²) in [5.74, 6) is 0.184. The molecule has 6 rings (SSSR count). The molecule has 1 atom stereocenters. The molecule has 230 valence electrons. The van der Waals surface area contributed by atoms with Crippen LogP contribution in [0.5, 0.6) is 5.88 Å². The molecule has 0 spiro atoms. The fourth-order valence-electron chi connectivity index (χ4n) is 5.79. The highest BCUT2D eigenvalue weighted by Crippen LogP contribution is 2.24. The summed E-state index contributed by atoms with van der Waals surface area (Å²) >= 11 is 0. The molecule has 0 aliphatic carbocycles. The van der Waals surface area contributed by atoms with Gasteiger partial charge in [0.1, 0.15) is 6.04 Å². The number of methoxy groups -OCH3 is 1. The number of rotatable bonds is 10. The van der Waals surface area contributed by atoms with Crippen molar-refractivity contribution >= 4 is 17.9 Å². The van der Waals surface area contributed by atoms with Crippen LogP contribution >= 0.6 is 0 Å². The summed E-state index contributed by atoms with van der Waals surface area (Å²) in [5.41, 5.74) is 6.94. The van der Waals surface area contributed by atoms with Gasteiger partial charge in [-0.3, -0.25) is 14.6 Å². The summed E-state index contributed by atoms with van der Waals surface area (Å²) in [6, 6.07) is 34.9. The average molecular weight is 609 g/mol. The SMILES string of the molecule is COc1ccc(C=CC(=O)N(Cc2ccc(-c3ccccn3)cc2)C(Cc2ccccc2)C(=O)N2CCc3ccccc3C2)cn1. The smallest absolute Gasteiger partial charge is 0.247 e. The lowest BCUT2D eigenvalue weighted by atomic mass is 9.97. The van der Waals surface area contributed by atoms with E-state index in [4.69, 9.17) is 4.74 Å². The third kappa shape index (κ3) is 7.38. The van der Waals surface area contributed by atoms with E-state index >= 15 is 0 Å². The van der Waals surface area contributed by atoms with Crippen LogP contribution in [0.3, 0.4) is 0 Å². The van der Waals surface area contributed by atoms with Gasteiger partial charge in [0, 0.05) is 56.2 Å². The van der Waals surface area contributed by atoms with Crippen molar-refractivity contribution in [1.82, 2.24) is 19.8 Å². The van der Waals surface area contributed by atoms with E-state index in [1.807, 2.05) is 95.9 Å². The molecule has 1 aliphatic heterocycles. The average Bonchev–Trinajstić information content (AvgIpc) is 3.13. The molecule has 0 radical (unpaired) electrons. The van der Waals surface area contributed by atoms with Gasteiger partial charge in [-0.1, -0.05) is 84.9 Å². The van der Waals surface area contributed by atoms with Gasteiger partial charge in [0.2, 0.25) is 17.7 Å². The number of carbonyl (C=O) groups excluding carboxylic acids is 2. The number of hydrogen-bond acceptors (Lipinski definition) is 5. The van der Waals surface area contributed by atoms with Crippen molar-refractivity contribution in [1.29, 1.82) is 0 Å². The zero-order valence-corrected chi connectivity index (χ0v) is 25.8. The highest BCUT2D eigenvalue weighted by Gasteiger charge is 2.34. The predicted molar refractivity (Wildman–Crippen MR) is 180 cm³/mol. The Balaban J connectivity index is 1.34. The maximum atomic E-state index is 14.5. The first-order chi connectivity index (χ1) is 22.6. The van der Waals surface area contributed by atoms with E-state index in [1.165, 1.54) is 11.6 Å². The summed E-state index contributed by atoms with van der Waals surface area (Å²) in [6.07, 6.45) is 7.87. The standard InChI is InChI=1S/C39H36N4O3/c1-46-37-20-16-30(26-41-37)17-21-38(44)43(27-31-14-18-33(19-15-31)35-13-7-8-23-40-35)36(25-29-9-3-2-4-10-29)39(45)42-24-22-32-11-5-6-12-34(32)28-42/h2-21,23,26,36H,22,24-25,27-28H2,1H3. The lowest BCUT2D eigenvalue weighted by Gasteiger charge is -2.37. The van der Waals surface area contributed by atoms with Crippen LogP contribution in [0.1, 0.15) is 27.8 Å². The monoisotopic (exact) mass is 608 g/mol. The van der Waals surface area contributed by atoms with Crippen LogP contribution in [0, 0.1) is 0 Å². The number of benzene rings is 3. The first kappa shape index (κ1) is 30.5. The van der Waals surface area contributed by atoms with Crippen molar-refractivity contribution < 1.29 is 14.3 Å². The molecule has 0 fully saturated rings. The van der Waals surface area contributed by atoms with Gasteiger partial charge in [0.15, 0.2) is 0 Å². The van der Waals surface area contributed by atoms with Crippen LogP contribution in [0.15, 0.2) is 128 Å². The van der Waals surface area contributed by atoms with Crippen molar-refractivity contribution in [3.63, 3.8) is 0 Å². The largest absolute Gasteiger partial charge is 0.481 e. The molecule has 1 aliphatic rings. The van der Waals surface area contributed by atoms with Crippen molar-refractivity contribution in [2.45, 2.75) is 32.0 Å². The summed E-state index contributed by atoms with van der Waals surface area (Å²) in [5, 5.41) is 0. The maximum absolute atomic E-state index is 14.5. The Morgan fingerprint density at radius 2 is 1.61 bits per heavy atom. The van der Waals surface area contributed by atoms with E-state index in [2.05, 4.69) is 22.1 Å². The van der Waals surface area contributed by atoms with Crippen LogP contribution in [0.4, 0.5) is 0 Å². The van der Waals surface area contributed by atoms with E-state index in [0.717, 1.165) is 39.9 Å². The molecule has 3 aromatic carbocycles. The van der Waals surface area contributed by atoms with Gasteiger partial charge in [-0.2, -0.15) is 0 Å². The zero-order chi connectivity index (χ0) is 31.7. The second-order valence-corrected chi connectivity index (χ2v) is 11.3. The molecular formula is C39H36N4O3. The Morgan fingerprint density at radius 3 is 2.33 bits per heavy atom. The zero-order valence-electron chi connectivity index (χ0n) is 25.8. The molecule has 7 nitrogen and oxygen atoms in total. The molecular weight excluding hydrogens is 572 g/mol. The summed E-state index contributed by atoms with van der Waals surface area (Å²) in [7, 11) is 1.56. The molecule has 0 N–H and O–H groups in total. The Kier molecular flexibility index (Phi) is 9.59. The number of fused-ring (bicyclic) bond motifs is 1. The summed E-state index contributed by atoms with van der Waals surface area (Å²) < 4.78 is 5.17. The second kappa shape index (κ2) is 14.5. The van der Waals surface area contributed by atoms with E-state index in [1.54, 1.807) is 36.5 Å². The Morgan fingerprint density at radius 1 is 0.848 bits per heavy atom. The van der Waals surface area contributed by atoms with Gasteiger partial charge in [-0.15, -0.1) is 0 Å². The number of hydrogen-bond donors (Lipinski definition) is 0. The summed E-state index contributed by atoms with van der Waals surface area (Å²) in [6.45, 7) is 1.39. The van der Waals surface area contributed by atoms with Crippen molar-refractivity contribution in [3.05, 3.63) is 155 Å². The summed E-state index contributed by atoms with van der Waals surface area (Å²) in [4.78, 5) is 41.0. The van der Waals surface area contributed by atoms with Gasteiger partial charge < -0.3 is 14.5 Å². The number of aromatic nitrogens is 2. The van der Waals surface area contributed by atoms with Crippen molar-refractivity contribution in [3.8, 4) is 17.1 Å². The first-order valence-corrected chi connectivity index (χ1v) is 15.5. The molecule has 2 amide bonds. The van der Waals surface area contributed by atoms with Crippen molar-refractivity contribution in [2.24, 2.45) is 0 Å². The van der Waals surface area contributed by atoms with Gasteiger partial charge in [0.05, 0.1) is 12.8 Å². The Bertz CT molecular complexity index is 1790. The number of pyridine rings is 2. The van der Waals surface area contributed by atoms with Gasteiger partial charge in [-0.25, -0.2) is 4.98 Å². The van der Waals surface area contributed by atoms with E-state index in [-0.39, 0.29) is 18.4 Å². The number of nitrogens with zero attached hydrogens (tertiary/aromatic N) is 4. The van der Waals surface area contributed by atoms with Crippen molar-refractivity contribution in [2.75, 3.05) is 13.7 Å². The highest BCUT2D eigenvalue weighted by molar-refractivity contribution is 5.95. The molecule has 0 bridgehead atoms. The van der Waals surface area contributed by atoms with E-state index in [9.17, 15) is 9.59 Å². The topological polar surface area (TPSA) is 75.6 Å². The predicted octanol–water partition coefficient (Wildman–Crippen LogP) is 6.39. The fourth-order valence-corrected chi connectivity index (χ4v) is 5.79. The number of carbonyl (C=O) groups is 2. The molecule has 5 aromatic rings. The van der Waals surface area contributed by atoms with E-state index in [0.29, 0.717) is 25.4 Å². The van der Waals surface area contributed by atoms with Gasteiger partial charge in [-0.05, 0) is 58.5 Å². The fraction of sp³-hybridized carbons (Fsp3) is 0.179. The molecule has 7 heteroatoms. The number of ether oxygens (including phenoxy) is 1. The highest BCUT2D eigenvalue weighted by atomic mass is 16.5. The number of amides is 2. The van der Waals surface area contributed by atoms with Gasteiger partial charge >= 0.3 is 0 Å².